The number of carbonyl (C=O) groups is 3. The first-order valence-corrected chi connectivity index (χ1v) is 35.0. The van der Waals surface area contributed by atoms with Crippen molar-refractivity contribution in [2.75, 3.05) is 13.2 Å². The van der Waals surface area contributed by atoms with Gasteiger partial charge in [0.15, 0.2) is 6.10 Å². The summed E-state index contributed by atoms with van der Waals surface area (Å²) >= 11 is 0. The Bertz CT molecular complexity index is 1700. The average Bonchev–Trinajstić information content (AvgIpc) is 3.49. The van der Waals surface area contributed by atoms with Crippen molar-refractivity contribution < 1.29 is 28.6 Å². The lowest BCUT2D eigenvalue weighted by molar-refractivity contribution is -0.167. The Hall–Kier alpha value is -4.19. The zero-order chi connectivity index (χ0) is 59.9. The van der Waals surface area contributed by atoms with Crippen molar-refractivity contribution >= 4 is 17.9 Å². The van der Waals surface area contributed by atoms with Crippen LogP contribution in [0.4, 0.5) is 0 Å². The topological polar surface area (TPSA) is 78.9 Å². The molecule has 0 aliphatic carbocycles. The van der Waals surface area contributed by atoms with Gasteiger partial charge < -0.3 is 14.2 Å². The molecule has 6 nitrogen and oxygen atoms in total. The van der Waals surface area contributed by atoms with Gasteiger partial charge in [-0.1, -0.05) is 296 Å². The monoisotopic (exact) mass is 1150 g/mol. The van der Waals surface area contributed by atoms with Crippen molar-refractivity contribution in [2.24, 2.45) is 0 Å². The number of esters is 3. The second-order valence-corrected chi connectivity index (χ2v) is 23.1. The van der Waals surface area contributed by atoms with E-state index in [4.69, 9.17) is 14.2 Å². The first kappa shape index (κ1) is 78.8. The van der Waals surface area contributed by atoms with Gasteiger partial charge in [-0.15, -0.1) is 0 Å². The molecule has 0 aliphatic rings. The second kappa shape index (κ2) is 70.3. The van der Waals surface area contributed by atoms with Crippen LogP contribution in [0.3, 0.4) is 0 Å². The van der Waals surface area contributed by atoms with Gasteiger partial charge in [0, 0.05) is 19.3 Å². The van der Waals surface area contributed by atoms with Crippen molar-refractivity contribution in [3.05, 3.63) is 122 Å². The van der Waals surface area contributed by atoms with Crippen molar-refractivity contribution in [1.29, 1.82) is 0 Å². The zero-order valence-corrected chi connectivity index (χ0v) is 54.4. The van der Waals surface area contributed by atoms with Gasteiger partial charge in [0.05, 0.1) is 0 Å². The third-order valence-electron chi connectivity index (χ3n) is 14.9. The lowest BCUT2D eigenvalue weighted by Gasteiger charge is -2.18. The molecule has 0 spiro atoms. The van der Waals surface area contributed by atoms with E-state index < -0.39 is 6.10 Å². The van der Waals surface area contributed by atoms with Crippen LogP contribution in [0.2, 0.25) is 0 Å². The Kier molecular flexibility index (Phi) is 66.7. The largest absolute Gasteiger partial charge is 0.462 e. The molecule has 0 aromatic heterocycles. The third kappa shape index (κ3) is 68.5. The van der Waals surface area contributed by atoms with Crippen molar-refractivity contribution in [2.45, 2.75) is 335 Å². The molecule has 6 heteroatoms. The van der Waals surface area contributed by atoms with Crippen LogP contribution in [0.1, 0.15) is 329 Å². The summed E-state index contributed by atoms with van der Waals surface area (Å²) in [5, 5.41) is 0. The molecular formula is C77H130O6. The quantitative estimate of drug-likeness (QED) is 0.0261. The summed E-state index contributed by atoms with van der Waals surface area (Å²) < 4.78 is 17.0. The smallest absolute Gasteiger partial charge is 0.306 e. The van der Waals surface area contributed by atoms with Crippen LogP contribution in [0.5, 0.6) is 0 Å². The average molecular weight is 1150 g/mol. The Balaban J connectivity index is 4.34. The van der Waals surface area contributed by atoms with Crippen LogP contribution in [-0.4, -0.2) is 37.2 Å². The van der Waals surface area contributed by atoms with Crippen LogP contribution in [-0.2, 0) is 28.6 Å². The molecule has 1 atom stereocenters. The molecule has 0 fully saturated rings. The summed E-state index contributed by atoms with van der Waals surface area (Å²) in [6.07, 6.45) is 97.8. The minimum atomic E-state index is -0.792. The number of unbranched alkanes of at least 4 members (excludes halogenated alkanes) is 32. The summed E-state index contributed by atoms with van der Waals surface area (Å²) in [5.41, 5.74) is 0. The SMILES string of the molecule is CC/C=C\C/C=C\C/C=C\C/C=C\C/C=C\C/C=C\C/C=C\CCCCCCCCCCCC(=O)OCC(COC(=O)CCCCCCC/C=C\CCCCCCCCC)OC(=O)CCCCCCCCC/C=C\C/C=C\CCCCCC. The third-order valence-corrected chi connectivity index (χ3v) is 14.9. The fourth-order valence-electron chi connectivity index (χ4n) is 9.68. The minimum absolute atomic E-state index is 0.0875. The Morgan fingerprint density at radius 2 is 0.470 bits per heavy atom. The van der Waals surface area contributed by atoms with E-state index in [0.29, 0.717) is 19.3 Å². The molecule has 0 amide bonds. The fraction of sp³-hybridized carbons (Fsp3) is 0.701. The van der Waals surface area contributed by atoms with E-state index in [1.165, 1.54) is 161 Å². The van der Waals surface area contributed by atoms with E-state index in [-0.39, 0.29) is 31.1 Å². The molecule has 0 aromatic carbocycles. The van der Waals surface area contributed by atoms with Crippen molar-refractivity contribution in [1.82, 2.24) is 0 Å². The predicted molar refractivity (Wildman–Crippen MR) is 362 cm³/mol. The highest BCUT2D eigenvalue weighted by atomic mass is 16.6. The van der Waals surface area contributed by atoms with E-state index in [1.54, 1.807) is 0 Å². The molecular weight excluding hydrogens is 1020 g/mol. The predicted octanol–water partition coefficient (Wildman–Crippen LogP) is 24.3. The number of ether oxygens (including phenoxy) is 3. The Morgan fingerprint density at radius 3 is 0.759 bits per heavy atom. The number of hydrogen-bond acceptors (Lipinski definition) is 6. The lowest BCUT2D eigenvalue weighted by atomic mass is 10.1. The van der Waals surface area contributed by atoms with Gasteiger partial charge in [0.2, 0.25) is 0 Å². The highest BCUT2D eigenvalue weighted by molar-refractivity contribution is 5.71. The molecule has 0 saturated carbocycles. The van der Waals surface area contributed by atoms with Crippen LogP contribution < -0.4 is 0 Å². The van der Waals surface area contributed by atoms with Crippen LogP contribution >= 0.6 is 0 Å². The summed E-state index contributed by atoms with van der Waals surface area (Å²) in [5.74, 6) is -0.899. The maximum atomic E-state index is 12.9. The molecule has 0 rings (SSSR count). The van der Waals surface area contributed by atoms with Crippen molar-refractivity contribution in [3.8, 4) is 0 Å². The first-order valence-electron chi connectivity index (χ1n) is 35.0. The van der Waals surface area contributed by atoms with Gasteiger partial charge in [0.25, 0.3) is 0 Å². The summed E-state index contributed by atoms with van der Waals surface area (Å²) in [4.78, 5) is 38.4. The van der Waals surface area contributed by atoms with Gasteiger partial charge in [-0.3, -0.25) is 14.4 Å². The van der Waals surface area contributed by atoms with Gasteiger partial charge in [-0.05, 0) is 135 Å². The molecule has 0 N–H and O–H groups in total. The molecule has 0 saturated heterocycles. The Labute approximate surface area is 513 Å². The van der Waals surface area contributed by atoms with Gasteiger partial charge >= 0.3 is 17.9 Å². The fourth-order valence-corrected chi connectivity index (χ4v) is 9.68. The number of allylic oxidation sites excluding steroid dienone is 20. The molecule has 474 valence electrons. The van der Waals surface area contributed by atoms with E-state index in [9.17, 15) is 14.4 Å². The summed E-state index contributed by atoms with van der Waals surface area (Å²) in [7, 11) is 0. The van der Waals surface area contributed by atoms with Crippen LogP contribution in [0.25, 0.3) is 0 Å². The molecule has 0 aliphatic heterocycles. The second-order valence-electron chi connectivity index (χ2n) is 23.1. The van der Waals surface area contributed by atoms with Gasteiger partial charge in [-0.2, -0.15) is 0 Å². The molecule has 83 heavy (non-hydrogen) atoms. The molecule has 1 unspecified atom stereocenters. The number of rotatable bonds is 63. The number of hydrogen-bond donors (Lipinski definition) is 0. The summed E-state index contributed by atoms with van der Waals surface area (Å²) in [6, 6.07) is 0. The van der Waals surface area contributed by atoms with E-state index in [1.807, 2.05) is 0 Å². The lowest BCUT2D eigenvalue weighted by Crippen LogP contribution is -2.30. The highest BCUT2D eigenvalue weighted by Gasteiger charge is 2.19. The Morgan fingerprint density at radius 1 is 0.253 bits per heavy atom. The molecule has 0 aromatic rings. The van der Waals surface area contributed by atoms with Crippen molar-refractivity contribution in [3.63, 3.8) is 0 Å². The highest BCUT2D eigenvalue weighted by Crippen LogP contribution is 2.16. The van der Waals surface area contributed by atoms with Gasteiger partial charge in [-0.25, -0.2) is 0 Å². The maximum absolute atomic E-state index is 12.9. The molecule has 0 heterocycles. The van der Waals surface area contributed by atoms with E-state index in [2.05, 4.69) is 142 Å². The van der Waals surface area contributed by atoms with E-state index >= 15 is 0 Å². The van der Waals surface area contributed by atoms with Crippen LogP contribution in [0.15, 0.2) is 122 Å². The zero-order valence-electron chi connectivity index (χ0n) is 54.4. The number of carbonyl (C=O) groups excluding carboxylic acids is 3. The normalized spacial score (nSPS) is 12.9. The van der Waals surface area contributed by atoms with Crippen LogP contribution in [0, 0.1) is 0 Å². The van der Waals surface area contributed by atoms with E-state index in [0.717, 1.165) is 128 Å². The molecule has 0 bridgehead atoms. The molecule has 0 radical (unpaired) electrons. The minimum Gasteiger partial charge on any atom is -0.462 e. The van der Waals surface area contributed by atoms with Gasteiger partial charge in [0.1, 0.15) is 13.2 Å². The maximum Gasteiger partial charge on any atom is 0.306 e. The summed E-state index contributed by atoms with van der Waals surface area (Å²) in [6.45, 7) is 6.52. The first-order chi connectivity index (χ1) is 41.0. The standard InChI is InChI=1S/C77H130O6/c1-4-7-10-13-16-19-22-25-28-31-33-34-35-36-37-38-39-40-41-42-43-44-45-47-49-52-55-58-61-64-67-70-76(79)82-73-74(72-81-75(78)69-66-63-60-57-54-51-48-30-27-24-21-18-15-12-9-6-3)83-77(80)71-68-65-62-59-56-53-50-46-32-29-26-23-20-17-14-11-8-5-2/h7,10,16,19-20,23,25,28-30,32-34,36-37,39-40,42-43,48,74H,4-6,8-9,11-15,17-18,21-22,24,26-27,31,35,38,41,44-47,49-73H2,1-3H3/b10-7-,19-16-,23-20-,28-25-,32-29-,34-33-,37-36-,40-39-,43-42-,48-30-.